The molecule has 1 N–H and O–H groups in total. The number of carbonyl (C=O) groups is 2. The summed E-state index contributed by atoms with van der Waals surface area (Å²) in [5.74, 6) is 1.23. The van der Waals surface area contributed by atoms with Crippen LogP contribution in [0.2, 0.25) is 0 Å². The Balaban J connectivity index is 1.17. The number of benzene rings is 1. The van der Waals surface area contributed by atoms with E-state index in [2.05, 4.69) is 6.08 Å². The molecule has 7 nitrogen and oxygen atoms in total. The van der Waals surface area contributed by atoms with E-state index in [0.29, 0.717) is 38.2 Å². The molecule has 2 aliphatic heterocycles. The van der Waals surface area contributed by atoms with Crippen LogP contribution in [0.25, 0.3) is 0 Å². The standard InChI is InChI=1S/C27H33N3O4S/c1-34-20-8-6-18(7-9-20)16-25(32)29-13-10-19(11-14-29)26-28-22(17-35-26)27(33)30-15-12-24(31)21-4-2-3-5-23(21)30/h5-9,17,19,21,24,31H,2-4,10-16H2,1H3. The number of ether oxygens (including phenoxy) is 1. The van der Waals surface area contributed by atoms with E-state index in [1.165, 1.54) is 0 Å². The van der Waals surface area contributed by atoms with Gasteiger partial charge in [-0.1, -0.05) is 18.2 Å². The van der Waals surface area contributed by atoms with Crippen LogP contribution < -0.4 is 4.74 Å². The highest BCUT2D eigenvalue weighted by Gasteiger charge is 2.37. The van der Waals surface area contributed by atoms with Crippen LogP contribution >= 0.6 is 11.3 Å². The summed E-state index contributed by atoms with van der Waals surface area (Å²) in [5, 5.41) is 13.3. The molecule has 2 unspecified atom stereocenters. The van der Waals surface area contributed by atoms with Crippen molar-refractivity contribution >= 4 is 23.2 Å². The molecule has 35 heavy (non-hydrogen) atoms. The number of amides is 2. The van der Waals surface area contributed by atoms with Gasteiger partial charge in [0.2, 0.25) is 5.91 Å². The van der Waals surface area contributed by atoms with Crippen LogP contribution in [-0.4, -0.2) is 64.6 Å². The van der Waals surface area contributed by atoms with Gasteiger partial charge in [0.25, 0.3) is 5.91 Å². The number of rotatable bonds is 5. The molecule has 2 aromatic rings. The van der Waals surface area contributed by atoms with Gasteiger partial charge in [0.1, 0.15) is 11.4 Å². The maximum absolute atomic E-state index is 13.3. The van der Waals surface area contributed by atoms with Crippen LogP contribution in [0.1, 0.15) is 65.5 Å². The van der Waals surface area contributed by atoms with Crippen LogP contribution in [0.15, 0.2) is 41.4 Å². The van der Waals surface area contributed by atoms with Gasteiger partial charge < -0.3 is 19.6 Å². The number of piperidine rings is 2. The number of carbonyl (C=O) groups excluding carboxylic acids is 2. The first-order chi connectivity index (χ1) is 17.0. The second-order valence-electron chi connectivity index (χ2n) is 9.73. The summed E-state index contributed by atoms with van der Waals surface area (Å²) in [4.78, 5) is 34.6. The lowest BCUT2D eigenvalue weighted by molar-refractivity contribution is -0.131. The molecular weight excluding hydrogens is 462 g/mol. The number of nitrogens with zero attached hydrogens (tertiary/aromatic N) is 3. The predicted octanol–water partition coefficient (Wildman–Crippen LogP) is 3.99. The fourth-order valence-corrected chi connectivity index (χ4v) is 6.48. The fraction of sp³-hybridized carbons (Fsp3) is 0.519. The van der Waals surface area contributed by atoms with Crippen molar-refractivity contribution in [1.29, 1.82) is 0 Å². The van der Waals surface area contributed by atoms with Crippen LogP contribution in [0.4, 0.5) is 0 Å². The summed E-state index contributed by atoms with van der Waals surface area (Å²) >= 11 is 1.55. The van der Waals surface area contributed by atoms with Crippen LogP contribution in [0.3, 0.4) is 0 Å². The van der Waals surface area contributed by atoms with E-state index in [9.17, 15) is 14.7 Å². The minimum Gasteiger partial charge on any atom is -0.497 e. The van der Waals surface area contributed by atoms with E-state index >= 15 is 0 Å². The summed E-state index contributed by atoms with van der Waals surface area (Å²) in [6.45, 7) is 1.96. The normalized spacial score (nSPS) is 23.0. The van der Waals surface area contributed by atoms with Gasteiger partial charge in [-0.2, -0.15) is 0 Å². The Bertz CT molecular complexity index is 1090. The van der Waals surface area contributed by atoms with Gasteiger partial charge in [-0.15, -0.1) is 11.3 Å². The zero-order valence-electron chi connectivity index (χ0n) is 20.2. The van der Waals surface area contributed by atoms with Crippen molar-refractivity contribution in [3.63, 3.8) is 0 Å². The smallest absolute Gasteiger partial charge is 0.277 e. The van der Waals surface area contributed by atoms with Gasteiger partial charge >= 0.3 is 0 Å². The second-order valence-corrected chi connectivity index (χ2v) is 10.6. The topological polar surface area (TPSA) is 83.0 Å². The second kappa shape index (κ2) is 10.5. The number of hydrogen-bond donors (Lipinski definition) is 1. The van der Waals surface area contributed by atoms with E-state index in [0.717, 1.165) is 54.1 Å². The number of thiazole rings is 1. The summed E-state index contributed by atoms with van der Waals surface area (Å²) in [6.07, 6.45) is 7.47. The number of allylic oxidation sites excluding steroid dienone is 1. The van der Waals surface area contributed by atoms with E-state index in [1.54, 1.807) is 18.4 Å². The third-order valence-corrected chi connectivity index (χ3v) is 8.58. The zero-order chi connectivity index (χ0) is 24.4. The molecule has 3 heterocycles. The molecule has 2 fully saturated rings. The zero-order valence-corrected chi connectivity index (χ0v) is 21.0. The van der Waals surface area contributed by atoms with E-state index in [-0.39, 0.29) is 29.8 Å². The third-order valence-electron chi connectivity index (χ3n) is 7.57. The Labute approximate surface area is 210 Å². The van der Waals surface area contributed by atoms with Gasteiger partial charge in [-0.05, 0) is 56.2 Å². The first kappa shape index (κ1) is 24.0. The van der Waals surface area contributed by atoms with Crippen molar-refractivity contribution in [2.45, 2.75) is 57.0 Å². The Hall–Kier alpha value is -2.71. The van der Waals surface area contributed by atoms with Crippen LogP contribution in [0, 0.1) is 5.92 Å². The van der Waals surface area contributed by atoms with E-state index < -0.39 is 0 Å². The number of fused-ring (bicyclic) bond motifs is 1. The highest BCUT2D eigenvalue weighted by Crippen LogP contribution is 2.37. The Morgan fingerprint density at radius 2 is 1.89 bits per heavy atom. The summed E-state index contributed by atoms with van der Waals surface area (Å²) in [5.41, 5.74) is 2.48. The number of aliphatic hydroxyl groups excluding tert-OH is 1. The molecular formula is C27H33N3O4S. The molecule has 186 valence electrons. The maximum atomic E-state index is 13.3. The predicted molar refractivity (Wildman–Crippen MR) is 134 cm³/mol. The van der Waals surface area contributed by atoms with E-state index in [4.69, 9.17) is 9.72 Å². The molecule has 1 aromatic heterocycles. The quantitative estimate of drug-likeness (QED) is 0.678. The van der Waals surface area contributed by atoms with Crippen molar-refractivity contribution in [3.8, 4) is 5.75 Å². The first-order valence-electron chi connectivity index (χ1n) is 12.6. The molecule has 3 aliphatic rings. The number of methoxy groups -OCH3 is 1. The molecule has 5 rings (SSSR count). The summed E-state index contributed by atoms with van der Waals surface area (Å²) in [6, 6.07) is 7.64. The fourth-order valence-electron chi connectivity index (χ4n) is 5.51. The highest BCUT2D eigenvalue weighted by molar-refractivity contribution is 7.09. The van der Waals surface area contributed by atoms with Gasteiger partial charge in [-0.25, -0.2) is 4.98 Å². The molecule has 0 spiro atoms. The largest absolute Gasteiger partial charge is 0.497 e. The molecule has 2 atom stereocenters. The summed E-state index contributed by atoms with van der Waals surface area (Å²) in [7, 11) is 1.63. The molecule has 1 aromatic carbocycles. The average molecular weight is 496 g/mol. The van der Waals surface area contributed by atoms with Crippen molar-refractivity contribution in [3.05, 3.63) is 57.7 Å². The Kier molecular flexibility index (Phi) is 7.20. The average Bonchev–Trinajstić information content (AvgIpc) is 3.40. The molecule has 8 heteroatoms. The lowest BCUT2D eigenvalue weighted by atomic mass is 9.82. The van der Waals surface area contributed by atoms with Gasteiger partial charge in [0.05, 0.1) is 24.6 Å². The number of aromatic nitrogens is 1. The monoisotopic (exact) mass is 495 g/mol. The molecule has 0 bridgehead atoms. The van der Waals surface area contributed by atoms with E-state index in [1.807, 2.05) is 39.4 Å². The number of likely N-dealkylation sites (tertiary alicyclic amines) is 2. The number of hydrogen-bond acceptors (Lipinski definition) is 6. The van der Waals surface area contributed by atoms with Crippen molar-refractivity contribution in [1.82, 2.24) is 14.8 Å². The third kappa shape index (κ3) is 5.14. The highest BCUT2D eigenvalue weighted by atomic mass is 32.1. The Morgan fingerprint density at radius 3 is 2.63 bits per heavy atom. The SMILES string of the molecule is COc1ccc(CC(=O)N2CCC(c3nc(C(=O)N4CCC(O)C5CCCC=C54)cs3)CC2)cc1. The van der Waals surface area contributed by atoms with Crippen LogP contribution in [0.5, 0.6) is 5.75 Å². The minimum atomic E-state index is -0.353. The molecule has 1 aliphatic carbocycles. The lowest BCUT2D eigenvalue weighted by Crippen LogP contribution is -2.45. The Morgan fingerprint density at radius 1 is 1.11 bits per heavy atom. The van der Waals surface area contributed by atoms with Crippen LogP contribution in [-0.2, 0) is 11.2 Å². The van der Waals surface area contributed by atoms with Crippen molar-refractivity contribution in [2.24, 2.45) is 5.92 Å². The molecule has 0 saturated carbocycles. The van der Waals surface area contributed by atoms with Gasteiger partial charge in [0.15, 0.2) is 0 Å². The maximum Gasteiger partial charge on any atom is 0.277 e. The minimum absolute atomic E-state index is 0.0512. The van der Waals surface area contributed by atoms with Gasteiger partial charge in [0, 0.05) is 42.5 Å². The molecule has 2 amide bonds. The molecule has 0 radical (unpaired) electrons. The van der Waals surface area contributed by atoms with Crippen molar-refractivity contribution in [2.75, 3.05) is 26.7 Å². The molecule has 2 saturated heterocycles. The first-order valence-corrected chi connectivity index (χ1v) is 13.5. The van der Waals surface area contributed by atoms with Gasteiger partial charge in [-0.3, -0.25) is 9.59 Å². The lowest BCUT2D eigenvalue weighted by Gasteiger charge is -2.40. The number of aliphatic hydroxyl groups is 1. The summed E-state index contributed by atoms with van der Waals surface area (Å²) < 4.78 is 5.19. The van der Waals surface area contributed by atoms with Crippen molar-refractivity contribution < 1.29 is 19.4 Å².